The van der Waals surface area contributed by atoms with E-state index in [-0.39, 0.29) is 24.0 Å². The fourth-order valence-corrected chi connectivity index (χ4v) is 4.96. The van der Waals surface area contributed by atoms with Crippen molar-refractivity contribution in [1.82, 2.24) is 14.8 Å². The summed E-state index contributed by atoms with van der Waals surface area (Å²) in [6.07, 6.45) is 0.266. The molecule has 0 spiro atoms. The molecular formula is C22H20N4O4S. The SMILES string of the molecule is COc1ccc2nc(-n3nc(C)c4c3NC(=O)CC4c3ccc(OC)c(O)c3)sc2c1. The molecule has 2 aromatic carbocycles. The average Bonchev–Trinajstić information content (AvgIpc) is 3.33. The van der Waals surface area contributed by atoms with Gasteiger partial charge in [-0.15, -0.1) is 0 Å². The number of phenolic OH excluding ortho intramolecular Hbond substituents is 1. The summed E-state index contributed by atoms with van der Waals surface area (Å²) in [5, 5.41) is 18.6. The average molecular weight is 436 g/mol. The fraction of sp³-hybridized carbons (Fsp3) is 0.227. The lowest BCUT2D eigenvalue weighted by Crippen LogP contribution is -2.24. The van der Waals surface area contributed by atoms with Crippen LogP contribution in [0.25, 0.3) is 15.3 Å². The largest absolute Gasteiger partial charge is 0.504 e. The first-order valence-electron chi connectivity index (χ1n) is 9.69. The maximum Gasteiger partial charge on any atom is 0.226 e. The molecule has 1 unspecified atom stereocenters. The van der Waals surface area contributed by atoms with Gasteiger partial charge in [0.25, 0.3) is 0 Å². The van der Waals surface area contributed by atoms with Crippen molar-refractivity contribution < 1.29 is 19.4 Å². The highest BCUT2D eigenvalue weighted by atomic mass is 32.1. The Morgan fingerprint density at radius 3 is 2.77 bits per heavy atom. The number of methoxy groups -OCH3 is 2. The quantitative estimate of drug-likeness (QED) is 0.502. The van der Waals surface area contributed by atoms with Crippen LogP contribution in [0, 0.1) is 6.92 Å². The van der Waals surface area contributed by atoms with E-state index < -0.39 is 0 Å². The van der Waals surface area contributed by atoms with Gasteiger partial charge in [-0.25, -0.2) is 4.98 Å². The summed E-state index contributed by atoms with van der Waals surface area (Å²) in [6.45, 7) is 1.92. The number of rotatable bonds is 4. The van der Waals surface area contributed by atoms with Crippen molar-refractivity contribution in [1.29, 1.82) is 0 Å². The van der Waals surface area contributed by atoms with Crippen LogP contribution in [0.2, 0.25) is 0 Å². The Hall–Kier alpha value is -3.59. The Balaban J connectivity index is 1.63. The van der Waals surface area contributed by atoms with E-state index in [1.807, 2.05) is 31.2 Å². The molecule has 0 aliphatic carbocycles. The van der Waals surface area contributed by atoms with Gasteiger partial charge in [0.1, 0.15) is 11.6 Å². The lowest BCUT2D eigenvalue weighted by atomic mass is 9.85. The summed E-state index contributed by atoms with van der Waals surface area (Å²) >= 11 is 1.47. The molecule has 8 nitrogen and oxygen atoms in total. The second-order valence-corrected chi connectivity index (χ2v) is 8.33. The summed E-state index contributed by atoms with van der Waals surface area (Å²) in [5.74, 6) is 1.45. The molecule has 9 heteroatoms. The van der Waals surface area contributed by atoms with Gasteiger partial charge < -0.3 is 19.9 Å². The van der Waals surface area contributed by atoms with Crippen molar-refractivity contribution in [3.8, 4) is 22.4 Å². The number of phenols is 1. The zero-order valence-electron chi connectivity index (χ0n) is 17.2. The topological polar surface area (TPSA) is 98.5 Å². The van der Waals surface area contributed by atoms with E-state index >= 15 is 0 Å². The van der Waals surface area contributed by atoms with Gasteiger partial charge in [-0.3, -0.25) is 4.79 Å². The number of aromatic nitrogens is 3. The smallest absolute Gasteiger partial charge is 0.226 e. The van der Waals surface area contributed by atoms with Crippen LogP contribution >= 0.6 is 11.3 Å². The Bertz CT molecular complexity index is 1330. The van der Waals surface area contributed by atoms with Crippen LogP contribution in [-0.4, -0.2) is 40.0 Å². The molecule has 2 N–H and O–H groups in total. The number of nitrogens with one attached hydrogen (secondary N) is 1. The summed E-state index contributed by atoms with van der Waals surface area (Å²) in [4.78, 5) is 17.3. The number of ether oxygens (including phenoxy) is 2. The molecule has 158 valence electrons. The fourth-order valence-electron chi connectivity index (χ4n) is 4.00. The number of carbonyl (C=O) groups is 1. The monoisotopic (exact) mass is 436 g/mol. The normalized spacial score (nSPS) is 15.6. The number of aryl methyl sites for hydroxylation is 1. The van der Waals surface area contributed by atoms with Crippen molar-refractivity contribution >= 4 is 33.3 Å². The third-order valence-electron chi connectivity index (χ3n) is 5.47. The van der Waals surface area contributed by atoms with Crippen molar-refractivity contribution in [2.75, 3.05) is 19.5 Å². The third-order valence-corrected chi connectivity index (χ3v) is 6.47. The summed E-state index contributed by atoms with van der Waals surface area (Å²) in [5.41, 5.74) is 3.38. The number of amides is 1. The van der Waals surface area contributed by atoms with Gasteiger partial charge in [0.15, 0.2) is 11.5 Å². The van der Waals surface area contributed by atoms with E-state index in [1.165, 1.54) is 18.4 Å². The van der Waals surface area contributed by atoms with E-state index in [0.29, 0.717) is 16.7 Å². The second-order valence-electron chi connectivity index (χ2n) is 7.33. The third kappa shape index (κ3) is 3.17. The summed E-state index contributed by atoms with van der Waals surface area (Å²) in [6, 6.07) is 10.9. The maximum absolute atomic E-state index is 12.6. The zero-order valence-corrected chi connectivity index (χ0v) is 18.0. The van der Waals surface area contributed by atoms with Crippen LogP contribution in [0.15, 0.2) is 36.4 Å². The van der Waals surface area contributed by atoms with E-state index in [2.05, 4.69) is 5.32 Å². The highest BCUT2D eigenvalue weighted by molar-refractivity contribution is 7.20. The number of carbonyl (C=O) groups excluding carboxylic acids is 1. The number of aromatic hydroxyl groups is 1. The van der Waals surface area contributed by atoms with Gasteiger partial charge in [-0.05, 0) is 42.8 Å². The second kappa shape index (κ2) is 7.28. The summed E-state index contributed by atoms with van der Waals surface area (Å²) < 4.78 is 13.1. The van der Waals surface area contributed by atoms with Crippen molar-refractivity contribution in [3.05, 3.63) is 53.2 Å². The van der Waals surface area contributed by atoms with Crippen LogP contribution in [0.4, 0.5) is 5.82 Å². The van der Waals surface area contributed by atoms with Gasteiger partial charge in [0.2, 0.25) is 11.0 Å². The van der Waals surface area contributed by atoms with Crippen LogP contribution < -0.4 is 14.8 Å². The number of fused-ring (bicyclic) bond motifs is 2. The number of anilines is 1. The molecule has 0 radical (unpaired) electrons. The Labute approximate surface area is 182 Å². The molecule has 1 aliphatic rings. The lowest BCUT2D eigenvalue weighted by molar-refractivity contribution is -0.116. The van der Waals surface area contributed by atoms with Crippen LogP contribution in [0.3, 0.4) is 0 Å². The number of hydrogen-bond donors (Lipinski definition) is 2. The maximum atomic E-state index is 12.6. The molecule has 0 fully saturated rings. The van der Waals surface area contributed by atoms with Crippen molar-refractivity contribution in [2.24, 2.45) is 0 Å². The lowest BCUT2D eigenvalue weighted by Gasteiger charge is -2.24. The van der Waals surface area contributed by atoms with Crippen LogP contribution in [0.5, 0.6) is 17.2 Å². The molecule has 3 heterocycles. The number of nitrogens with zero attached hydrogens (tertiary/aromatic N) is 3. The van der Waals surface area contributed by atoms with Gasteiger partial charge >= 0.3 is 0 Å². The molecule has 0 saturated heterocycles. The molecule has 1 aliphatic heterocycles. The minimum atomic E-state index is -0.233. The van der Waals surface area contributed by atoms with Crippen LogP contribution in [-0.2, 0) is 4.79 Å². The molecule has 4 aromatic rings. The Morgan fingerprint density at radius 2 is 2.03 bits per heavy atom. The highest BCUT2D eigenvalue weighted by Gasteiger charge is 2.33. The molecule has 5 rings (SSSR count). The minimum Gasteiger partial charge on any atom is -0.504 e. The predicted octanol–water partition coefficient (Wildman–Crippen LogP) is 3.99. The van der Waals surface area contributed by atoms with Crippen LogP contribution in [0.1, 0.15) is 29.2 Å². The number of hydrogen-bond acceptors (Lipinski definition) is 7. The van der Waals surface area contributed by atoms with Gasteiger partial charge in [0.05, 0.1) is 30.1 Å². The standard InChI is InChI=1S/C22H20N4O4S/c1-11-20-14(12-4-7-17(30-3)16(27)8-12)10-19(28)24-21(20)26(25-11)22-23-15-6-5-13(29-2)9-18(15)31-22/h4-9,14,27H,10H2,1-3H3,(H,24,28). The molecule has 2 aromatic heterocycles. The van der Waals surface area contributed by atoms with E-state index in [0.717, 1.165) is 32.8 Å². The summed E-state index contributed by atoms with van der Waals surface area (Å²) in [7, 11) is 3.13. The molecule has 1 amide bonds. The molecule has 1 atom stereocenters. The highest BCUT2D eigenvalue weighted by Crippen LogP contribution is 2.43. The van der Waals surface area contributed by atoms with Gasteiger partial charge in [-0.2, -0.15) is 9.78 Å². The first-order chi connectivity index (χ1) is 15.0. The van der Waals surface area contributed by atoms with E-state index in [1.54, 1.807) is 23.9 Å². The molecular weight excluding hydrogens is 416 g/mol. The van der Waals surface area contributed by atoms with E-state index in [4.69, 9.17) is 19.6 Å². The molecule has 0 saturated carbocycles. The Kier molecular flexibility index (Phi) is 4.55. The van der Waals surface area contributed by atoms with E-state index in [9.17, 15) is 9.90 Å². The first-order valence-corrected chi connectivity index (χ1v) is 10.5. The Morgan fingerprint density at radius 1 is 1.19 bits per heavy atom. The number of thiazole rings is 1. The minimum absolute atomic E-state index is 0.0395. The first kappa shape index (κ1) is 19.4. The number of benzene rings is 2. The predicted molar refractivity (Wildman–Crippen MR) is 118 cm³/mol. The van der Waals surface area contributed by atoms with Gasteiger partial charge in [0, 0.05) is 17.9 Å². The zero-order chi connectivity index (χ0) is 21.7. The molecule has 0 bridgehead atoms. The van der Waals surface area contributed by atoms with Gasteiger partial charge in [-0.1, -0.05) is 17.4 Å². The van der Waals surface area contributed by atoms with Crippen molar-refractivity contribution in [3.63, 3.8) is 0 Å². The molecule has 31 heavy (non-hydrogen) atoms. The van der Waals surface area contributed by atoms with Crippen molar-refractivity contribution in [2.45, 2.75) is 19.3 Å².